The van der Waals surface area contributed by atoms with Crippen LogP contribution < -0.4 is 21.7 Å². The SMILES string of the molecule is CCCCCCC[N+](CC)(CC)CCCCc1ccc(NS(C)(=O)=O)cc1.[Br-]. The summed E-state index contributed by atoms with van der Waals surface area (Å²) >= 11 is 0. The van der Waals surface area contributed by atoms with Crippen LogP contribution in [0.5, 0.6) is 0 Å². The van der Waals surface area contributed by atoms with Crippen LogP contribution in [-0.2, 0) is 16.4 Å². The van der Waals surface area contributed by atoms with E-state index in [9.17, 15) is 8.42 Å². The fourth-order valence-electron chi connectivity index (χ4n) is 3.75. The highest BCUT2D eigenvalue weighted by molar-refractivity contribution is 7.92. The monoisotopic (exact) mass is 476 g/mol. The van der Waals surface area contributed by atoms with Crippen molar-refractivity contribution in [2.24, 2.45) is 0 Å². The number of rotatable bonds is 15. The molecular weight excluding hydrogens is 436 g/mol. The predicted octanol–water partition coefficient (Wildman–Crippen LogP) is 2.21. The van der Waals surface area contributed by atoms with E-state index in [2.05, 4.69) is 25.5 Å². The van der Waals surface area contributed by atoms with Gasteiger partial charge in [0.05, 0.1) is 32.4 Å². The molecule has 0 radical (unpaired) electrons. The van der Waals surface area contributed by atoms with E-state index in [1.165, 1.54) is 87.4 Å². The summed E-state index contributed by atoms with van der Waals surface area (Å²) in [4.78, 5) is 0. The van der Waals surface area contributed by atoms with E-state index in [0.29, 0.717) is 5.69 Å². The summed E-state index contributed by atoms with van der Waals surface area (Å²) in [5.74, 6) is 0. The Morgan fingerprint density at radius 3 is 1.86 bits per heavy atom. The van der Waals surface area contributed by atoms with Gasteiger partial charge in [0.2, 0.25) is 10.0 Å². The minimum atomic E-state index is -3.20. The number of hydrogen-bond donors (Lipinski definition) is 1. The van der Waals surface area contributed by atoms with Crippen molar-refractivity contribution in [3.8, 4) is 0 Å². The molecule has 4 nitrogen and oxygen atoms in total. The molecule has 0 atom stereocenters. The second-order valence-corrected chi connectivity index (χ2v) is 9.61. The van der Waals surface area contributed by atoms with E-state index in [4.69, 9.17) is 0 Å². The van der Waals surface area contributed by atoms with Crippen molar-refractivity contribution in [2.45, 2.75) is 72.1 Å². The lowest BCUT2D eigenvalue weighted by Gasteiger charge is -2.37. The fraction of sp³-hybridized carbons (Fsp3) is 0.727. The summed E-state index contributed by atoms with van der Waals surface area (Å²) in [6.07, 6.45) is 11.5. The van der Waals surface area contributed by atoms with Crippen LogP contribution in [0.25, 0.3) is 0 Å². The van der Waals surface area contributed by atoms with Crippen molar-refractivity contribution in [2.75, 3.05) is 37.2 Å². The highest BCUT2D eigenvalue weighted by Crippen LogP contribution is 2.16. The molecule has 0 aliphatic rings. The summed E-state index contributed by atoms with van der Waals surface area (Å²) in [5.41, 5.74) is 1.91. The van der Waals surface area contributed by atoms with Gasteiger partial charge in [-0.3, -0.25) is 4.72 Å². The summed E-state index contributed by atoms with van der Waals surface area (Å²) in [5, 5.41) is 0. The molecule has 1 rings (SSSR count). The van der Waals surface area contributed by atoms with E-state index in [1.807, 2.05) is 24.3 Å². The van der Waals surface area contributed by atoms with Crippen LogP contribution in [0.3, 0.4) is 0 Å². The molecule has 0 heterocycles. The van der Waals surface area contributed by atoms with Crippen LogP contribution in [0.4, 0.5) is 5.69 Å². The van der Waals surface area contributed by atoms with Gasteiger partial charge in [0, 0.05) is 5.69 Å². The number of anilines is 1. The summed E-state index contributed by atoms with van der Waals surface area (Å²) in [7, 11) is -3.20. The number of nitrogens with zero attached hydrogens (tertiary/aromatic N) is 1. The minimum absolute atomic E-state index is 0. The molecule has 0 amide bonds. The van der Waals surface area contributed by atoms with Crippen molar-refractivity contribution < 1.29 is 29.9 Å². The lowest BCUT2D eigenvalue weighted by atomic mass is 10.1. The first kappa shape index (κ1) is 27.4. The molecule has 0 aromatic heterocycles. The Morgan fingerprint density at radius 1 is 0.821 bits per heavy atom. The fourth-order valence-corrected chi connectivity index (χ4v) is 4.31. The highest BCUT2D eigenvalue weighted by Gasteiger charge is 2.21. The Balaban J connectivity index is 0.00000729. The number of nitrogens with one attached hydrogen (secondary N) is 1. The summed E-state index contributed by atoms with van der Waals surface area (Å²) in [6.45, 7) is 12.0. The van der Waals surface area contributed by atoms with Gasteiger partial charge in [0.25, 0.3) is 0 Å². The molecule has 0 saturated carbocycles. The van der Waals surface area contributed by atoms with Crippen LogP contribution in [0.2, 0.25) is 0 Å². The second-order valence-electron chi connectivity index (χ2n) is 7.86. The van der Waals surface area contributed by atoms with Crippen LogP contribution in [0, 0.1) is 0 Å². The Bertz CT molecular complexity index is 614. The molecule has 0 fully saturated rings. The minimum Gasteiger partial charge on any atom is -1.00 e. The van der Waals surface area contributed by atoms with Crippen LogP contribution in [0.1, 0.15) is 71.3 Å². The van der Waals surface area contributed by atoms with Gasteiger partial charge in [0.15, 0.2) is 0 Å². The normalized spacial score (nSPS) is 11.9. The van der Waals surface area contributed by atoms with E-state index in [1.54, 1.807) is 0 Å². The van der Waals surface area contributed by atoms with Crippen molar-refractivity contribution in [3.63, 3.8) is 0 Å². The number of halogens is 1. The molecule has 6 heteroatoms. The highest BCUT2D eigenvalue weighted by atomic mass is 79.9. The summed E-state index contributed by atoms with van der Waals surface area (Å²) in [6, 6.07) is 7.77. The molecule has 0 unspecified atom stereocenters. The third-order valence-corrected chi connectivity index (χ3v) is 6.29. The van der Waals surface area contributed by atoms with Gasteiger partial charge in [-0.25, -0.2) is 8.42 Å². The van der Waals surface area contributed by atoms with Crippen molar-refractivity contribution >= 4 is 15.7 Å². The van der Waals surface area contributed by atoms with Gasteiger partial charge in [-0.05, 0) is 63.6 Å². The third kappa shape index (κ3) is 11.4. The maximum Gasteiger partial charge on any atom is 0.229 e. The van der Waals surface area contributed by atoms with Crippen LogP contribution in [-0.4, -0.2) is 45.3 Å². The predicted molar refractivity (Wildman–Crippen MR) is 118 cm³/mol. The zero-order valence-electron chi connectivity index (χ0n) is 18.3. The smallest absolute Gasteiger partial charge is 0.229 e. The van der Waals surface area contributed by atoms with Crippen LogP contribution in [0.15, 0.2) is 24.3 Å². The van der Waals surface area contributed by atoms with Gasteiger partial charge < -0.3 is 21.5 Å². The van der Waals surface area contributed by atoms with Gasteiger partial charge in [-0.1, -0.05) is 38.3 Å². The van der Waals surface area contributed by atoms with Crippen molar-refractivity contribution in [1.82, 2.24) is 0 Å². The van der Waals surface area contributed by atoms with Gasteiger partial charge in [-0.2, -0.15) is 0 Å². The standard InChI is InChI=1S/C22H41N2O2S.BrH/c1-5-8-9-10-12-19-24(6-2,7-3)20-13-11-14-21-15-17-22(18-16-21)23-27(4,25)26;/h15-18,23H,5-14,19-20H2,1-4H3;1H/q+1;/p-1. The Kier molecular flexibility index (Phi) is 14.1. The molecular formula is C22H41BrN2O2S. The molecule has 28 heavy (non-hydrogen) atoms. The van der Waals surface area contributed by atoms with Gasteiger partial charge in [0.1, 0.15) is 0 Å². The maximum atomic E-state index is 11.3. The molecule has 1 N–H and O–H groups in total. The third-order valence-electron chi connectivity index (χ3n) is 5.68. The van der Waals surface area contributed by atoms with E-state index < -0.39 is 10.0 Å². The van der Waals surface area contributed by atoms with E-state index >= 15 is 0 Å². The molecule has 0 saturated heterocycles. The molecule has 1 aromatic carbocycles. The van der Waals surface area contributed by atoms with Gasteiger partial charge >= 0.3 is 0 Å². The number of hydrogen-bond acceptors (Lipinski definition) is 2. The molecule has 1 aromatic rings. The van der Waals surface area contributed by atoms with Crippen molar-refractivity contribution in [3.05, 3.63) is 29.8 Å². The second kappa shape index (κ2) is 14.4. The summed E-state index contributed by atoms with van der Waals surface area (Å²) < 4.78 is 26.3. The largest absolute Gasteiger partial charge is 1.00 e. The lowest BCUT2D eigenvalue weighted by molar-refractivity contribution is -0.925. The first-order chi connectivity index (χ1) is 12.8. The molecule has 0 aliphatic heterocycles. The number of quaternary nitrogens is 1. The Morgan fingerprint density at radius 2 is 1.36 bits per heavy atom. The number of benzene rings is 1. The zero-order valence-corrected chi connectivity index (χ0v) is 20.7. The molecule has 164 valence electrons. The lowest BCUT2D eigenvalue weighted by Crippen LogP contribution is -3.00. The Hall–Kier alpha value is -0.590. The number of sulfonamides is 1. The average Bonchev–Trinajstić information content (AvgIpc) is 2.63. The van der Waals surface area contributed by atoms with Crippen LogP contribution >= 0.6 is 0 Å². The zero-order chi connectivity index (χ0) is 20.2. The average molecular weight is 478 g/mol. The van der Waals surface area contributed by atoms with Crippen molar-refractivity contribution in [1.29, 1.82) is 0 Å². The van der Waals surface area contributed by atoms with Gasteiger partial charge in [-0.15, -0.1) is 0 Å². The molecule has 0 spiro atoms. The van der Waals surface area contributed by atoms with E-state index in [0.717, 1.165) is 6.42 Å². The maximum absolute atomic E-state index is 11.3. The number of unbranched alkanes of at least 4 members (excludes halogenated alkanes) is 5. The first-order valence-electron chi connectivity index (χ1n) is 10.8. The number of aryl methyl sites for hydroxylation is 1. The molecule has 0 bridgehead atoms. The van der Waals surface area contributed by atoms with E-state index in [-0.39, 0.29) is 17.0 Å². The topological polar surface area (TPSA) is 46.2 Å². The molecule has 0 aliphatic carbocycles. The quantitative estimate of drug-likeness (QED) is 0.311. The first-order valence-corrected chi connectivity index (χ1v) is 12.6. The Labute approximate surface area is 184 Å².